The highest BCUT2D eigenvalue weighted by Gasteiger charge is 2.49. The lowest BCUT2D eigenvalue weighted by Gasteiger charge is -2.11. The summed E-state index contributed by atoms with van der Waals surface area (Å²) in [5.41, 5.74) is -1.21. The van der Waals surface area contributed by atoms with E-state index in [2.05, 4.69) is 0 Å². The Morgan fingerprint density at radius 3 is 2.53 bits per heavy atom. The standard InChI is InChI=1S/C10H6ClF2NO/c11-8-5(12)3-6(15)7(9(8)13)10(4-14)1-2-10/h3,15H,1-2H2. The second-order valence-electron chi connectivity index (χ2n) is 3.57. The van der Waals surface area contributed by atoms with Gasteiger partial charge in [0, 0.05) is 6.07 Å². The van der Waals surface area contributed by atoms with E-state index in [0.29, 0.717) is 12.8 Å². The molecule has 1 aromatic rings. The SMILES string of the molecule is N#CC1(c2c(O)cc(F)c(Cl)c2F)CC1. The van der Waals surface area contributed by atoms with Crippen molar-refractivity contribution in [2.24, 2.45) is 0 Å². The van der Waals surface area contributed by atoms with Gasteiger partial charge >= 0.3 is 0 Å². The summed E-state index contributed by atoms with van der Waals surface area (Å²) >= 11 is 5.38. The zero-order valence-corrected chi connectivity index (χ0v) is 8.28. The van der Waals surface area contributed by atoms with Crippen molar-refractivity contribution in [3.05, 3.63) is 28.3 Å². The first-order chi connectivity index (χ1) is 7.02. The molecule has 0 unspecified atom stereocenters. The van der Waals surface area contributed by atoms with Crippen LogP contribution in [0.3, 0.4) is 0 Å². The maximum atomic E-state index is 13.6. The van der Waals surface area contributed by atoms with Gasteiger partial charge in [0.15, 0.2) is 5.82 Å². The molecule has 1 aromatic carbocycles. The van der Waals surface area contributed by atoms with Crippen LogP contribution >= 0.6 is 11.6 Å². The van der Waals surface area contributed by atoms with Crippen molar-refractivity contribution < 1.29 is 13.9 Å². The summed E-state index contributed by atoms with van der Waals surface area (Å²) in [7, 11) is 0. The van der Waals surface area contributed by atoms with Crippen LogP contribution in [0.25, 0.3) is 0 Å². The van der Waals surface area contributed by atoms with Crippen molar-refractivity contribution in [1.82, 2.24) is 0 Å². The number of phenols is 1. The van der Waals surface area contributed by atoms with Gasteiger partial charge in [-0.2, -0.15) is 5.26 Å². The summed E-state index contributed by atoms with van der Waals surface area (Å²) in [5.74, 6) is -2.61. The van der Waals surface area contributed by atoms with Gasteiger partial charge in [0.05, 0.1) is 17.0 Å². The van der Waals surface area contributed by atoms with E-state index >= 15 is 0 Å². The Bertz CT molecular complexity index is 477. The molecule has 1 aliphatic rings. The van der Waals surface area contributed by atoms with E-state index in [0.717, 1.165) is 6.07 Å². The first kappa shape index (κ1) is 10.2. The Morgan fingerprint density at radius 1 is 1.47 bits per heavy atom. The summed E-state index contributed by atoms with van der Waals surface area (Å²) in [4.78, 5) is 0. The van der Waals surface area contributed by atoms with Gasteiger partial charge in [0.2, 0.25) is 0 Å². The average Bonchev–Trinajstić information content (AvgIpc) is 2.96. The zero-order chi connectivity index (χ0) is 11.2. The van der Waals surface area contributed by atoms with Gasteiger partial charge in [-0.25, -0.2) is 8.78 Å². The van der Waals surface area contributed by atoms with Crippen molar-refractivity contribution in [3.63, 3.8) is 0 Å². The number of rotatable bonds is 1. The smallest absolute Gasteiger partial charge is 0.153 e. The van der Waals surface area contributed by atoms with E-state index in [-0.39, 0.29) is 5.56 Å². The lowest BCUT2D eigenvalue weighted by atomic mass is 9.96. The fourth-order valence-corrected chi connectivity index (χ4v) is 1.73. The Kier molecular flexibility index (Phi) is 2.09. The molecule has 1 saturated carbocycles. The van der Waals surface area contributed by atoms with E-state index in [1.807, 2.05) is 6.07 Å². The third-order valence-corrected chi connectivity index (χ3v) is 2.93. The molecule has 0 atom stereocenters. The van der Waals surface area contributed by atoms with Crippen LogP contribution < -0.4 is 0 Å². The first-order valence-corrected chi connectivity index (χ1v) is 4.68. The van der Waals surface area contributed by atoms with Gasteiger partial charge in [-0.05, 0) is 12.8 Å². The monoisotopic (exact) mass is 229 g/mol. The highest BCUT2D eigenvalue weighted by molar-refractivity contribution is 6.31. The fourth-order valence-electron chi connectivity index (χ4n) is 1.58. The molecular weight excluding hydrogens is 224 g/mol. The molecule has 0 heterocycles. The van der Waals surface area contributed by atoms with Crippen LogP contribution in [-0.4, -0.2) is 5.11 Å². The average molecular weight is 230 g/mol. The summed E-state index contributed by atoms with van der Waals surface area (Å²) in [6, 6.07) is 2.65. The molecule has 1 aliphatic carbocycles. The third kappa shape index (κ3) is 1.35. The predicted molar refractivity (Wildman–Crippen MR) is 49.6 cm³/mol. The number of aromatic hydroxyl groups is 1. The number of benzene rings is 1. The summed E-state index contributed by atoms with van der Waals surface area (Å²) in [5, 5.41) is 17.6. The van der Waals surface area contributed by atoms with Crippen LogP contribution in [0.5, 0.6) is 5.75 Å². The number of hydrogen-bond donors (Lipinski definition) is 1. The molecule has 0 radical (unpaired) electrons. The molecule has 15 heavy (non-hydrogen) atoms. The maximum Gasteiger partial charge on any atom is 0.153 e. The van der Waals surface area contributed by atoms with E-state index in [4.69, 9.17) is 16.9 Å². The highest BCUT2D eigenvalue weighted by Crippen LogP contribution is 2.52. The quantitative estimate of drug-likeness (QED) is 0.753. The lowest BCUT2D eigenvalue weighted by molar-refractivity contribution is 0.445. The molecule has 5 heteroatoms. The van der Waals surface area contributed by atoms with Crippen LogP contribution in [0.4, 0.5) is 8.78 Å². The molecule has 1 N–H and O–H groups in total. The minimum Gasteiger partial charge on any atom is -0.507 e. The van der Waals surface area contributed by atoms with E-state index in [1.54, 1.807) is 0 Å². The molecule has 2 rings (SSSR count). The normalized spacial score (nSPS) is 17.2. The minimum atomic E-state index is -1.03. The van der Waals surface area contributed by atoms with E-state index in [9.17, 15) is 13.9 Å². The highest BCUT2D eigenvalue weighted by atomic mass is 35.5. The molecule has 0 saturated heterocycles. The number of nitriles is 1. The molecule has 78 valence electrons. The van der Waals surface area contributed by atoms with Crippen LogP contribution in [0, 0.1) is 23.0 Å². The van der Waals surface area contributed by atoms with Gasteiger partial charge in [0.1, 0.15) is 16.6 Å². The van der Waals surface area contributed by atoms with E-state index < -0.39 is 27.8 Å². The Hall–Kier alpha value is -1.34. The van der Waals surface area contributed by atoms with Crippen molar-refractivity contribution in [3.8, 4) is 11.8 Å². The third-order valence-electron chi connectivity index (χ3n) is 2.58. The molecule has 0 aromatic heterocycles. The molecule has 0 bridgehead atoms. The molecule has 1 fully saturated rings. The molecule has 0 spiro atoms. The maximum absolute atomic E-state index is 13.6. The predicted octanol–water partition coefficient (Wildman–Crippen LogP) is 2.88. The molecular formula is C10H6ClF2NO. The first-order valence-electron chi connectivity index (χ1n) is 4.30. The number of nitrogens with zero attached hydrogens (tertiary/aromatic N) is 1. The van der Waals surface area contributed by atoms with Gasteiger partial charge in [-0.3, -0.25) is 0 Å². The molecule has 2 nitrogen and oxygen atoms in total. The molecule has 0 aliphatic heterocycles. The van der Waals surface area contributed by atoms with Gasteiger partial charge in [-0.1, -0.05) is 11.6 Å². The van der Waals surface area contributed by atoms with Crippen molar-refractivity contribution >= 4 is 11.6 Å². The van der Waals surface area contributed by atoms with Crippen LogP contribution in [0.1, 0.15) is 18.4 Å². The molecule has 0 amide bonds. The van der Waals surface area contributed by atoms with E-state index in [1.165, 1.54) is 0 Å². The Morgan fingerprint density at radius 2 is 2.07 bits per heavy atom. The van der Waals surface area contributed by atoms with Crippen LogP contribution in [0.15, 0.2) is 6.07 Å². The van der Waals surface area contributed by atoms with Gasteiger partial charge in [-0.15, -0.1) is 0 Å². The summed E-state index contributed by atoms with van der Waals surface area (Å²) in [6.07, 6.45) is 0.909. The topological polar surface area (TPSA) is 44.0 Å². The fraction of sp³-hybridized carbons (Fsp3) is 0.300. The van der Waals surface area contributed by atoms with Gasteiger partial charge in [0.25, 0.3) is 0 Å². The number of phenolic OH excluding ortho intramolecular Hbond substituents is 1. The number of hydrogen-bond acceptors (Lipinski definition) is 2. The van der Waals surface area contributed by atoms with Crippen molar-refractivity contribution in [2.45, 2.75) is 18.3 Å². The van der Waals surface area contributed by atoms with Crippen LogP contribution in [0.2, 0.25) is 5.02 Å². The Balaban J connectivity index is 2.68. The second-order valence-corrected chi connectivity index (χ2v) is 3.95. The van der Waals surface area contributed by atoms with Gasteiger partial charge < -0.3 is 5.11 Å². The second kappa shape index (κ2) is 3.07. The largest absolute Gasteiger partial charge is 0.507 e. The van der Waals surface area contributed by atoms with Crippen molar-refractivity contribution in [1.29, 1.82) is 5.26 Å². The summed E-state index contributed by atoms with van der Waals surface area (Å²) in [6.45, 7) is 0. The van der Waals surface area contributed by atoms with Crippen molar-refractivity contribution in [2.75, 3.05) is 0 Å². The zero-order valence-electron chi connectivity index (χ0n) is 7.52. The summed E-state index contributed by atoms with van der Waals surface area (Å²) < 4.78 is 26.5. The number of halogens is 3. The van der Waals surface area contributed by atoms with Crippen LogP contribution in [-0.2, 0) is 5.41 Å². The lowest BCUT2D eigenvalue weighted by Crippen LogP contribution is -2.07. The minimum absolute atomic E-state index is 0.184. The Labute approximate surface area is 89.7 Å².